The van der Waals surface area contributed by atoms with Crippen molar-refractivity contribution in [3.05, 3.63) is 106 Å². The number of rotatable bonds is 8. The van der Waals surface area contributed by atoms with Crippen molar-refractivity contribution >= 4 is 35.3 Å². The zero-order valence-electron chi connectivity index (χ0n) is 18.0. The molecule has 0 spiro atoms. The van der Waals surface area contributed by atoms with Gasteiger partial charge in [0.2, 0.25) is 0 Å². The van der Waals surface area contributed by atoms with E-state index in [0.29, 0.717) is 10.6 Å². The third kappa shape index (κ3) is 6.46. The molecule has 3 rings (SSSR count). The number of halogens is 4. The van der Waals surface area contributed by atoms with E-state index in [1.54, 1.807) is 42.5 Å². The summed E-state index contributed by atoms with van der Waals surface area (Å²) in [5.41, 5.74) is 0.311. The van der Waals surface area contributed by atoms with Gasteiger partial charge in [0.15, 0.2) is 6.10 Å². The number of amides is 1. The number of alkyl carbamates (subject to hydrolysis) is 1. The van der Waals surface area contributed by atoms with Gasteiger partial charge in [-0.1, -0.05) is 77.8 Å². The minimum absolute atomic E-state index is 0.0413. The third-order valence-corrected chi connectivity index (χ3v) is 5.48. The number of carbonyl (C=O) groups excluding carboxylic acids is 2. The van der Waals surface area contributed by atoms with Crippen LogP contribution in [0.5, 0.6) is 0 Å². The van der Waals surface area contributed by atoms with Gasteiger partial charge in [0, 0.05) is 22.0 Å². The van der Waals surface area contributed by atoms with Crippen molar-refractivity contribution in [3.63, 3.8) is 0 Å². The number of methoxy groups -OCH3 is 1. The van der Waals surface area contributed by atoms with Crippen LogP contribution in [0.15, 0.2) is 78.9 Å². The van der Waals surface area contributed by atoms with Gasteiger partial charge in [-0.25, -0.2) is 9.59 Å². The SMILES string of the molecule is COC(=O)[C@H](Cc1ccc(Cl)cc1)NC(=O)OC(c1ccccc1)C(F)(F)c1cccc(Cl)c1. The average molecular weight is 508 g/mol. The fraction of sp³-hybridized carbons (Fsp3) is 0.200. The number of hydrogen-bond donors (Lipinski definition) is 1. The van der Waals surface area contributed by atoms with Gasteiger partial charge in [0.25, 0.3) is 0 Å². The van der Waals surface area contributed by atoms with Crippen LogP contribution in [0.3, 0.4) is 0 Å². The highest BCUT2D eigenvalue weighted by Gasteiger charge is 2.46. The summed E-state index contributed by atoms with van der Waals surface area (Å²) in [6.45, 7) is 0. The lowest BCUT2D eigenvalue weighted by molar-refractivity contribution is -0.143. The molecule has 9 heteroatoms. The molecule has 0 bridgehead atoms. The fourth-order valence-electron chi connectivity index (χ4n) is 3.30. The minimum atomic E-state index is -3.62. The van der Waals surface area contributed by atoms with Gasteiger partial charge < -0.3 is 14.8 Å². The summed E-state index contributed by atoms with van der Waals surface area (Å²) in [4.78, 5) is 25.0. The van der Waals surface area contributed by atoms with E-state index in [0.717, 1.165) is 13.2 Å². The number of esters is 1. The maximum atomic E-state index is 15.5. The molecule has 0 aliphatic carbocycles. The molecule has 5 nitrogen and oxygen atoms in total. The Morgan fingerprint density at radius 3 is 2.24 bits per heavy atom. The largest absolute Gasteiger partial charge is 0.467 e. The van der Waals surface area contributed by atoms with Crippen LogP contribution in [0.4, 0.5) is 13.6 Å². The summed E-state index contributed by atoms with van der Waals surface area (Å²) in [6, 6.07) is 18.2. The second-order valence-electron chi connectivity index (χ2n) is 7.38. The number of ether oxygens (including phenoxy) is 2. The first-order valence-corrected chi connectivity index (χ1v) is 10.9. The number of alkyl halides is 2. The fourth-order valence-corrected chi connectivity index (χ4v) is 3.62. The molecule has 3 aromatic rings. The molecular weight excluding hydrogens is 487 g/mol. The van der Waals surface area contributed by atoms with Crippen LogP contribution >= 0.6 is 23.2 Å². The van der Waals surface area contributed by atoms with Gasteiger partial charge in [-0.2, -0.15) is 8.78 Å². The molecule has 34 heavy (non-hydrogen) atoms. The molecule has 0 saturated carbocycles. The maximum absolute atomic E-state index is 15.5. The van der Waals surface area contributed by atoms with E-state index in [1.807, 2.05) is 0 Å². The number of benzene rings is 3. The predicted molar refractivity (Wildman–Crippen MR) is 125 cm³/mol. The van der Waals surface area contributed by atoms with Crippen molar-refractivity contribution in [2.24, 2.45) is 0 Å². The van der Waals surface area contributed by atoms with Gasteiger partial charge in [-0.3, -0.25) is 0 Å². The lowest BCUT2D eigenvalue weighted by Crippen LogP contribution is -2.44. The van der Waals surface area contributed by atoms with E-state index in [9.17, 15) is 9.59 Å². The number of carbonyl (C=O) groups is 2. The normalized spacial score (nSPS) is 13.0. The molecule has 1 amide bonds. The summed E-state index contributed by atoms with van der Waals surface area (Å²) in [5.74, 6) is -4.38. The Bertz CT molecular complexity index is 1130. The molecule has 0 aliphatic rings. The van der Waals surface area contributed by atoms with E-state index in [2.05, 4.69) is 5.32 Å². The first-order valence-electron chi connectivity index (χ1n) is 10.2. The Labute approximate surface area is 205 Å². The molecule has 0 aromatic heterocycles. The Morgan fingerprint density at radius 2 is 1.62 bits per heavy atom. The van der Waals surface area contributed by atoms with Crippen LogP contribution in [0.25, 0.3) is 0 Å². The average Bonchev–Trinajstić information content (AvgIpc) is 2.83. The van der Waals surface area contributed by atoms with Gasteiger partial charge in [-0.15, -0.1) is 0 Å². The zero-order chi connectivity index (χ0) is 24.7. The molecule has 0 fully saturated rings. The van der Waals surface area contributed by atoms with Gasteiger partial charge >= 0.3 is 18.0 Å². The van der Waals surface area contributed by atoms with E-state index in [-0.39, 0.29) is 17.0 Å². The number of nitrogens with one attached hydrogen (secondary N) is 1. The van der Waals surface area contributed by atoms with Crippen molar-refractivity contribution in [2.75, 3.05) is 7.11 Å². The van der Waals surface area contributed by atoms with Crippen molar-refractivity contribution in [1.82, 2.24) is 5.32 Å². The smallest absolute Gasteiger partial charge is 0.408 e. The molecule has 0 aliphatic heterocycles. The molecule has 2 atom stereocenters. The summed E-state index contributed by atoms with van der Waals surface area (Å²) < 4.78 is 41.0. The van der Waals surface area contributed by atoms with Crippen molar-refractivity contribution in [1.29, 1.82) is 0 Å². The van der Waals surface area contributed by atoms with E-state index in [1.165, 1.54) is 30.3 Å². The second-order valence-corrected chi connectivity index (χ2v) is 8.25. The highest BCUT2D eigenvalue weighted by Crippen LogP contribution is 2.43. The lowest BCUT2D eigenvalue weighted by atomic mass is 9.97. The maximum Gasteiger partial charge on any atom is 0.408 e. The molecule has 1 unspecified atom stereocenters. The quantitative estimate of drug-likeness (QED) is 0.361. The third-order valence-electron chi connectivity index (χ3n) is 5.00. The Morgan fingerprint density at radius 1 is 0.941 bits per heavy atom. The van der Waals surface area contributed by atoms with E-state index in [4.69, 9.17) is 32.7 Å². The molecule has 178 valence electrons. The Balaban J connectivity index is 1.85. The predicted octanol–water partition coefficient (Wildman–Crippen LogP) is 6.34. The molecule has 1 N–H and O–H groups in total. The molecule has 0 saturated heterocycles. The number of hydrogen-bond acceptors (Lipinski definition) is 4. The molecule has 0 heterocycles. The van der Waals surface area contributed by atoms with Crippen LogP contribution in [0, 0.1) is 0 Å². The summed E-state index contributed by atoms with van der Waals surface area (Å²) in [7, 11) is 1.16. The van der Waals surface area contributed by atoms with Crippen molar-refractivity contribution in [3.8, 4) is 0 Å². The second kappa shape index (κ2) is 11.3. The zero-order valence-corrected chi connectivity index (χ0v) is 19.5. The van der Waals surface area contributed by atoms with Crippen LogP contribution in [0.1, 0.15) is 22.8 Å². The summed E-state index contributed by atoms with van der Waals surface area (Å²) >= 11 is 11.8. The summed E-state index contributed by atoms with van der Waals surface area (Å²) in [5, 5.41) is 2.95. The van der Waals surface area contributed by atoms with Gasteiger partial charge in [0.05, 0.1) is 7.11 Å². The van der Waals surface area contributed by atoms with Crippen molar-refractivity contribution < 1.29 is 27.8 Å². The summed E-state index contributed by atoms with van der Waals surface area (Å²) in [6.07, 6.45) is -3.15. The highest BCUT2D eigenvalue weighted by molar-refractivity contribution is 6.30. The van der Waals surface area contributed by atoms with Gasteiger partial charge in [0.1, 0.15) is 6.04 Å². The first-order chi connectivity index (χ1) is 16.2. The van der Waals surface area contributed by atoms with E-state index >= 15 is 8.78 Å². The van der Waals surface area contributed by atoms with Gasteiger partial charge in [-0.05, 0) is 35.4 Å². The van der Waals surface area contributed by atoms with Crippen LogP contribution in [0.2, 0.25) is 10.0 Å². The Kier molecular flexibility index (Phi) is 8.47. The van der Waals surface area contributed by atoms with Crippen molar-refractivity contribution in [2.45, 2.75) is 24.5 Å². The topological polar surface area (TPSA) is 64.6 Å². The van der Waals surface area contributed by atoms with Crippen LogP contribution in [-0.4, -0.2) is 25.2 Å². The highest BCUT2D eigenvalue weighted by atomic mass is 35.5. The lowest BCUT2D eigenvalue weighted by Gasteiger charge is -2.28. The van der Waals surface area contributed by atoms with E-state index < -0.39 is 35.7 Å². The Hall–Kier alpha value is -3.16. The standard InChI is InChI=1S/C25H21Cl2F2NO4/c1-33-23(31)21(14-16-10-12-19(26)13-11-16)30-24(32)34-22(17-6-3-2-4-7-17)25(28,29)18-8-5-9-20(27)15-18/h2-13,15,21-22H,14H2,1H3,(H,30,32)/t21-,22?/m0/s1. The molecule has 0 radical (unpaired) electrons. The van der Waals surface area contributed by atoms with Crippen LogP contribution in [-0.2, 0) is 26.6 Å². The molecule has 3 aromatic carbocycles. The monoisotopic (exact) mass is 507 g/mol. The van der Waals surface area contributed by atoms with Crippen LogP contribution < -0.4 is 5.32 Å². The minimum Gasteiger partial charge on any atom is -0.467 e. The first kappa shape index (κ1) is 25.5. The molecular formula is C25H21Cl2F2NO4.